The number of benzene rings is 1. The molecule has 0 fully saturated rings. The van der Waals surface area contributed by atoms with Crippen LogP contribution in [0.1, 0.15) is 30.5 Å². The Hall–Kier alpha value is -2.49. The van der Waals surface area contributed by atoms with Crippen LogP contribution >= 0.6 is 0 Å². The minimum atomic E-state index is -0.766. The van der Waals surface area contributed by atoms with Crippen molar-refractivity contribution in [3.05, 3.63) is 65.7 Å². The number of hydrogen-bond donors (Lipinski definition) is 1. The lowest BCUT2D eigenvalue weighted by atomic mass is 10.1. The Labute approximate surface area is 129 Å². The topological polar surface area (TPSA) is 41.2 Å². The molecule has 0 radical (unpaired) electrons. The largest absolute Gasteiger partial charge is 0.481 e. The van der Waals surface area contributed by atoms with Crippen LogP contribution in [-0.4, -0.2) is 11.1 Å². The number of unbranched alkanes of at least 4 members (excludes halogenated alkanes) is 1. The molecule has 0 bridgehead atoms. The number of hydrogen-bond acceptors (Lipinski definition) is 1. The number of aryl methyl sites for hydroxylation is 1. The lowest BCUT2D eigenvalue weighted by Crippen LogP contribution is -2.36. The molecule has 1 N–H and O–H groups in total. The number of aliphatic carboxylic acids is 1. The minimum absolute atomic E-state index is 0.188. The highest BCUT2D eigenvalue weighted by Crippen LogP contribution is 2.10. The highest BCUT2D eigenvalue weighted by atomic mass is 19.1. The average Bonchev–Trinajstić information content (AvgIpc) is 2.51. The van der Waals surface area contributed by atoms with E-state index in [1.165, 1.54) is 6.07 Å². The van der Waals surface area contributed by atoms with Crippen LogP contribution in [0.15, 0.2) is 48.7 Å². The van der Waals surface area contributed by atoms with Gasteiger partial charge in [0, 0.05) is 36.6 Å². The second-order valence-corrected chi connectivity index (χ2v) is 5.02. The van der Waals surface area contributed by atoms with Gasteiger partial charge in [-0.3, -0.25) is 4.79 Å². The number of aromatic nitrogens is 1. The number of nitrogens with zero attached hydrogens (tertiary/aromatic N) is 1. The Morgan fingerprint density at radius 2 is 1.86 bits per heavy atom. The van der Waals surface area contributed by atoms with Gasteiger partial charge in [0.15, 0.2) is 6.20 Å². The van der Waals surface area contributed by atoms with Crippen LogP contribution in [0.4, 0.5) is 4.39 Å². The van der Waals surface area contributed by atoms with Crippen LogP contribution in [-0.2, 0) is 11.3 Å². The highest BCUT2D eigenvalue weighted by molar-refractivity contribution is 5.67. The van der Waals surface area contributed by atoms with E-state index in [4.69, 9.17) is 5.11 Å². The lowest BCUT2D eigenvalue weighted by Gasteiger charge is -2.00. The van der Waals surface area contributed by atoms with Gasteiger partial charge in [-0.2, -0.15) is 4.57 Å². The van der Waals surface area contributed by atoms with Gasteiger partial charge < -0.3 is 5.11 Å². The molecule has 0 saturated carbocycles. The van der Waals surface area contributed by atoms with Crippen molar-refractivity contribution in [1.82, 2.24) is 0 Å². The van der Waals surface area contributed by atoms with E-state index in [0.29, 0.717) is 12.0 Å². The van der Waals surface area contributed by atoms with Gasteiger partial charge in [0.25, 0.3) is 0 Å². The van der Waals surface area contributed by atoms with Crippen molar-refractivity contribution in [1.29, 1.82) is 0 Å². The predicted octanol–water partition coefficient (Wildman–Crippen LogP) is 3.54. The normalized spacial score (nSPS) is 11.0. The Balaban J connectivity index is 2.05. The zero-order valence-electron chi connectivity index (χ0n) is 12.3. The zero-order valence-corrected chi connectivity index (χ0v) is 12.3. The van der Waals surface area contributed by atoms with E-state index in [0.717, 1.165) is 18.7 Å². The van der Waals surface area contributed by atoms with Crippen LogP contribution in [0.25, 0.3) is 12.2 Å². The third-order valence-corrected chi connectivity index (χ3v) is 3.35. The molecule has 0 unspecified atom stereocenters. The molecule has 0 aliphatic heterocycles. The third-order valence-electron chi connectivity index (χ3n) is 3.35. The molecular formula is C18H19FNO2+. The maximum absolute atomic E-state index is 13.6. The number of pyridine rings is 1. The van der Waals surface area contributed by atoms with Gasteiger partial charge in [-0.05, 0) is 24.6 Å². The molecule has 22 heavy (non-hydrogen) atoms. The molecule has 1 aromatic carbocycles. The molecule has 0 aliphatic rings. The molecule has 0 saturated heterocycles. The summed E-state index contributed by atoms with van der Waals surface area (Å²) in [6.07, 6.45) is 7.19. The minimum Gasteiger partial charge on any atom is -0.481 e. The Morgan fingerprint density at radius 3 is 2.64 bits per heavy atom. The summed E-state index contributed by atoms with van der Waals surface area (Å²) in [4.78, 5) is 10.5. The van der Waals surface area contributed by atoms with Crippen molar-refractivity contribution in [2.45, 2.75) is 25.8 Å². The first-order valence-electron chi connectivity index (χ1n) is 7.30. The van der Waals surface area contributed by atoms with Crippen molar-refractivity contribution < 1.29 is 18.9 Å². The first kappa shape index (κ1) is 15.9. The molecule has 0 aliphatic carbocycles. The van der Waals surface area contributed by atoms with Gasteiger partial charge in [-0.25, -0.2) is 4.39 Å². The molecule has 0 spiro atoms. The second-order valence-electron chi connectivity index (χ2n) is 5.02. The van der Waals surface area contributed by atoms with E-state index in [1.807, 2.05) is 35.0 Å². The number of carboxylic acids is 1. The van der Waals surface area contributed by atoms with E-state index >= 15 is 0 Å². The fourth-order valence-corrected chi connectivity index (χ4v) is 2.19. The number of carboxylic acid groups (broad SMARTS) is 1. The third kappa shape index (κ3) is 4.81. The van der Waals surface area contributed by atoms with Crippen molar-refractivity contribution in [2.24, 2.45) is 0 Å². The molecule has 0 atom stereocenters. The summed E-state index contributed by atoms with van der Waals surface area (Å²) in [7, 11) is 0. The SMILES string of the molecule is O=C(O)CCCC[n+]1ccccc1/C=C/c1ccccc1F. The Bertz CT molecular complexity index is 668. The van der Waals surface area contributed by atoms with Crippen LogP contribution in [0.5, 0.6) is 0 Å². The quantitative estimate of drug-likeness (QED) is 0.627. The molecule has 114 valence electrons. The van der Waals surface area contributed by atoms with Crippen LogP contribution in [0.3, 0.4) is 0 Å². The fraction of sp³-hybridized carbons (Fsp3) is 0.222. The van der Waals surface area contributed by atoms with E-state index in [-0.39, 0.29) is 12.2 Å². The lowest BCUT2D eigenvalue weighted by molar-refractivity contribution is -0.699. The number of carbonyl (C=O) groups is 1. The summed E-state index contributed by atoms with van der Waals surface area (Å²) in [5.74, 6) is -1.01. The summed E-state index contributed by atoms with van der Waals surface area (Å²) in [6, 6.07) is 12.4. The molecule has 3 nitrogen and oxygen atoms in total. The summed E-state index contributed by atoms with van der Waals surface area (Å²) in [5.41, 5.74) is 1.50. The van der Waals surface area contributed by atoms with Gasteiger partial charge >= 0.3 is 5.97 Å². The van der Waals surface area contributed by atoms with Gasteiger partial charge in [0.1, 0.15) is 12.4 Å². The summed E-state index contributed by atoms with van der Waals surface area (Å²) in [5, 5.41) is 8.65. The van der Waals surface area contributed by atoms with Crippen molar-refractivity contribution in [3.63, 3.8) is 0 Å². The summed E-state index contributed by atoms with van der Waals surface area (Å²) < 4.78 is 15.6. The van der Waals surface area contributed by atoms with Crippen molar-refractivity contribution >= 4 is 18.1 Å². The van der Waals surface area contributed by atoms with Crippen molar-refractivity contribution in [3.8, 4) is 0 Å². The number of halogens is 1. The maximum Gasteiger partial charge on any atom is 0.303 e. The highest BCUT2D eigenvalue weighted by Gasteiger charge is 2.07. The molecule has 1 heterocycles. The maximum atomic E-state index is 13.6. The smallest absolute Gasteiger partial charge is 0.303 e. The van der Waals surface area contributed by atoms with Crippen molar-refractivity contribution in [2.75, 3.05) is 0 Å². The predicted molar refractivity (Wildman–Crippen MR) is 83.5 cm³/mol. The van der Waals surface area contributed by atoms with Crippen LogP contribution in [0.2, 0.25) is 0 Å². The monoisotopic (exact) mass is 300 g/mol. The first-order chi connectivity index (χ1) is 10.7. The van der Waals surface area contributed by atoms with E-state index < -0.39 is 5.97 Å². The molecule has 4 heteroatoms. The van der Waals surface area contributed by atoms with E-state index in [1.54, 1.807) is 24.3 Å². The molecule has 2 aromatic rings. The first-order valence-corrected chi connectivity index (χ1v) is 7.30. The number of rotatable bonds is 7. The van der Waals surface area contributed by atoms with Gasteiger partial charge in [-0.1, -0.05) is 18.2 Å². The fourth-order valence-electron chi connectivity index (χ4n) is 2.19. The van der Waals surface area contributed by atoms with Crippen LogP contribution < -0.4 is 4.57 Å². The second kappa shape index (κ2) is 8.08. The standard InChI is InChI=1S/C18H18FNO2/c19-17-9-2-1-7-15(17)11-12-16-8-3-5-13-20(16)14-6-4-10-18(21)22/h1-3,5,7-9,11-13H,4,6,10,14H2/p+1/b12-11+. The zero-order chi connectivity index (χ0) is 15.8. The Morgan fingerprint density at radius 1 is 1.09 bits per heavy atom. The van der Waals surface area contributed by atoms with E-state index in [2.05, 4.69) is 0 Å². The Kier molecular flexibility index (Phi) is 5.83. The average molecular weight is 300 g/mol. The van der Waals surface area contributed by atoms with E-state index in [9.17, 15) is 9.18 Å². The summed E-state index contributed by atoms with van der Waals surface area (Å²) in [6.45, 7) is 0.741. The van der Waals surface area contributed by atoms with Gasteiger partial charge in [0.05, 0.1) is 0 Å². The molecule has 2 rings (SSSR count). The van der Waals surface area contributed by atoms with Crippen LogP contribution in [0, 0.1) is 5.82 Å². The molecule has 0 amide bonds. The molecular weight excluding hydrogens is 281 g/mol. The van der Waals surface area contributed by atoms with Gasteiger partial charge in [-0.15, -0.1) is 0 Å². The molecule has 1 aromatic heterocycles. The van der Waals surface area contributed by atoms with Gasteiger partial charge in [0.2, 0.25) is 5.69 Å². The summed E-state index contributed by atoms with van der Waals surface area (Å²) >= 11 is 0.